The number of carbonyl (C=O) groups is 1. The van der Waals surface area contributed by atoms with Gasteiger partial charge < -0.3 is 19.5 Å². The van der Waals surface area contributed by atoms with Crippen molar-refractivity contribution in [3.8, 4) is 0 Å². The standard InChI is InChI=1S/C31H34F5N5O2/c1-30(7-4-8-30)37-14-18-9-23-24(25(10-18)31(34,35)36)15-41(29(23)42)21-6-3-5-19(11-21)27(28-39-38-17-40(28)2)20-12-22(13-20)43-16-26(32)33/h3,5-6,9-11,17,20,22,26-27,37H,4,7-8,12-16H2,1-2H3/t20-,22-,27?. The molecule has 0 radical (unpaired) electrons. The second kappa shape index (κ2) is 11.3. The van der Waals surface area contributed by atoms with Gasteiger partial charge in [0.1, 0.15) is 18.8 Å². The normalized spacial score (nSPS) is 22.0. The van der Waals surface area contributed by atoms with Crippen molar-refractivity contribution in [1.29, 1.82) is 0 Å². The molecule has 1 amide bonds. The predicted octanol–water partition coefficient (Wildman–Crippen LogP) is 6.22. The van der Waals surface area contributed by atoms with E-state index in [9.17, 15) is 26.7 Å². The van der Waals surface area contributed by atoms with E-state index in [1.807, 2.05) is 19.2 Å². The number of nitrogens with zero attached hydrogens (tertiary/aromatic N) is 4. The van der Waals surface area contributed by atoms with E-state index in [4.69, 9.17) is 4.74 Å². The van der Waals surface area contributed by atoms with Crippen LogP contribution in [0.2, 0.25) is 0 Å². The van der Waals surface area contributed by atoms with Crippen LogP contribution in [0.25, 0.3) is 0 Å². The van der Waals surface area contributed by atoms with Crippen LogP contribution in [0.1, 0.15) is 83.4 Å². The van der Waals surface area contributed by atoms with Gasteiger partial charge in [0.05, 0.1) is 18.2 Å². The van der Waals surface area contributed by atoms with E-state index in [0.717, 1.165) is 30.9 Å². The van der Waals surface area contributed by atoms with Crippen molar-refractivity contribution in [3.63, 3.8) is 0 Å². The maximum Gasteiger partial charge on any atom is 0.416 e. The molecule has 6 rings (SSSR count). The topological polar surface area (TPSA) is 72.3 Å². The number of fused-ring (bicyclic) bond motifs is 1. The highest BCUT2D eigenvalue weighted by Gasteiger charge is 2.42. The van der Waals surface area contributed by atoms with Gasteiger partial charge in [-0.2, -0.15) is 13.2 Å². The largest absolute Gasteiger partial charge is 0.416 e. The van der Waals surface area contributed by atoms with Gasteiger partial charge in [-0.3, -0.25) is 4.79 Å². The summed E-state index contributed by atoms with van der Waals surface area (Å²) in [7, 11) is 1.81. The smallest absolute Gasteiger partial charge is 0.372 e. The number of carbonyl (C=O) groups excluding carboxylic acids is 1. The molecule has 2 aromatic carbocycles. The van der Waals surface area contributed by atoms with Gasteiger partial charge in [-0.15, -0.1) is 10.2 Å². The van der Waals surface area contributed by atoms with Gasteiger partial charge in [0.25, 0.3) is 12.3 Å². The molecule has 2 heterocycles. The fourth-order valence-corrected chi connectivity index (χ4v) is 6.55. The summed E-state index contributed by atoms with van der Waals surface area (Å²) in [6, 6.07) is 9.92. The van der Waals surface area contributed by atoms with Crippen molar-refractivity contribution in [2.75, 3.05) is 11.5 Å². The zero-order valence-corrected chi connectivity index (χ0v) is 24.0. The van der Waals surface area contributed by atoms with Crippen molar-refractivity contribution < 1.29 is 31.5 Å². The van der Waals surface area contributed by atoms with Gasteiger partial charge in [0.15, 0.2) is 0 Å². The molecule has 2 fully saturated rings. The Morgan fingerprint density at radius 3 is 2.56 bits per heavy atom. The average molecular weight is 604 g/mol. The third-order valence-electron chi connectivity index (χ3n) is 9.21. The number of ether oxygens (including phenoxy) is 1. The first-order chi connectivity index (χ1) is 20.4. The van der Waals surface area contributed by atoms with Gasteiger partial charge in [-0.05, 0) is 85.9 Å². The highest BCUT2D eigenvalue weighted by Crippen LogP contribution is 2.46. The molecule has 0 spiro atoms. The Labute approximate surface area is 246 Å². The van der Waals surface area contributed by atoms with Crippen LogP contribution in [0, 0.1) is 5.92 Å². The molecule has 1 aromatic heterocycles. The van der Waals surface area contributed by atoms with E-state index in [-0.39, 0.29) is 47.7 Å². The van der Waals surface area contributed by atoms with Gasteiger partial charge in [0, 0.05) is 36.3 Å². The van der Waals surface area contributed by atoms with Gasteiger partial charge in [0.2, 0.25) is 0 Å². The molecule has 12 heteroatoms. The Morgan fingerprint density at radius 2 is 1.93 bits per heavy atom. The summed E-state index contributed by atoms with van der Waals surface area (Å²) >= 11 is 0. The number of rotatable bonds is 10. The lowest BCUT2D eigenvalue weighted by molar-refractivity contribution is -0.138. The minimum absolute atomic E-state index is 0.0237. The first-order valence-electron chi connectivity index (χ1n) is 14.6. The molecule has 0 saturated heterocycles. The Balaban J connectivity index is 1.28. The number of anilines is 1. The fraction of sp³-hybridized carbons (Fsp3) is 0.516. The van der Waals surface area contributed by atoms with Crippen molar-refractivity contribution in [2.24, 2.45) is 13.0 Å². The number of amides is 1. The predicted molar refractivity (Wildman–Crippen MR) is 149 cm³/mol. The zero-order valence-electron chi connectivity index (χ0n) is 24.0. The summed E-state index contributed by atoms with van der Waals surface area (Å²) in [6.07, 6.45) is -1.75. The molecule has 1 unspecified atom stereocenters. The van der Waals surface area contributed by atoms with Crippen LogP contribution >= 0.6 is 0 Å². The molecule has 1 N–H and O–H groups in total. The van der Waals surface area contributed by atoms with E-state index in [1.165, 1.54) is 4.90 Å². The molecule has 1 atom stereocenters. The minimum Gasteiger partial charge on any atom is -0.372 e. The third-order valence-corrected chi connectivity index (χ3v) is 9.21. The van der Waals surface area contributed by atoms with Crippen LogP contribution in [0.3, 0.4) is 0 Å². The minimum atomic E-state index is -4.61. The van der Waals surface area contributed by atoms with E-state index in [1.54, 1.807) is 29.1 Å². The first-order valence-corrected chi connectivity index (χ1v) is 14.6. The number of hydrogen-bond donors (Lipinski definition) is 1. The fourth-order valence-electron chi connectivity index (χ4n) is 6.55. The summed E-state index contributed by atoms with van der Waals surface area (Å²) in [5.41, 5.74) is 0.883. The number of hydrogen-bond acceptors (Lipinski definition) is 5. The highest BCUT2D eigenvalue weighted by molar-refractivity contribution is 6.10. The molecule has 7 nitrogen and oxygen atoms in total. The molecule has 3 aromatic rings. The van der Waals surface area contributed by atoms with Crippen LogP contribution in [0.4, 0.5) is 27.6 Å². The summed E-state index contributed by atoms with van der Waals surface area (Å²) in [4.78, 5) is 15.1. The van der Waals surface area contributed by atoms with Crippen LogP contribution in [-0.4, -0.2) is 45.3 Å². The van der Waals surface area contributed by atoms with E-state index < -0.39 is 30.7 Å². The van der Waals surface area contributed by atoms with Gasteiger partial charge >= 0.3 is 6.18 Å². The molecular weight excluding hydrogens is 569 g/mol. The van der Waals surface area contributed by atoms with E-state index in [0.29, 0.717) is 29.9 Å². The molecule has 230 valence electrons. The molecule has 43 heavy (non-hydrogen) atoms. The first kappa shape index (κ1) is 29.7. The number of benzene rings is 2. The zero-order chi connectivity index (χ0) is 30.5. The summed E-state index contributed by atoms with van der Waals surface area (Å²) in [5, 5.41) is 11.7. The Bertz CT molecular complexity index is 1500. The van der Waals surface area contributed by atoms with Crippen molar-refractivity contribution in [3.05, 3.63) is 76.4 Å². The number of halogens is 5. The Morgan fingerprint density at radius 1 is 1.16 bits per heavy atom. The van der Waals surface area contributed by atoms with Crippen LogP contribution in [0.15, 0.2) is 42.7 Å². The lowest BCUT2D eigenvalue weighted by Crippen LogP contribution is -2.47. The second-order valence-corrected chi connectivity index (χ2v) is 12.3. The van der Waals surface area contributed by atoms with Crippen molar-refractivity contribution >= 4 is 11.6 Å². The van der Waals surface area contributed by atoms with Crippen molar-refractivity contribution in [1.82, 2.24) is 20.1 Å². The number of aryl methyl sites for hydroxylation is 1. The quantitative estimate of drug-likeness (QED) is 0.279. The maximum absolute atomic E-state index is 14.2. The summed E-state index contributed by atoms with van der Waals surface area (Å²) in [6.45, 7) is 1.50. The molecule has 2 aliphatic carbocycles. The molecule has 1 aliphatic heterocycles. The van der Waals surface area contributed by atoms with Crippen LogP contribution in [0.5, 0.6) is 0 Å². The SMILES string of the molecule is Cn1cnnc1C(c1cccc(N2Cc3c(cc(CNC4(C)CCC4)cc3C(F)(F)F)C2=O)c1)[C@H]1C[C@H](OCC(F)F)C1. The average Bonchev–Trinajstić information content (AvgIpc) is 3.49. The van der Waals surface area contributed by atoms with Crippen LogP contribution < -0.4 is 10.2 Å². The summed E-state index contributed by atoms with van der Waals surface area (Å²) < 4.78 is 75.1. The van der Waals surface area contributed by atoms with Gasteiger partial charge in [-0.1, -0.05) is 12.1 Å². The Hall–Kier alpha value is -3.38. The highest BCUT2D eigenvalue weighted by atomic mass is 19.4. The monoisotopic (exact) mass is 603 g/mol. The van der Waals surface area contributed by atoms with E-state index in [2.05, 4.69) is 22.4 Å². The third kappa shape index (κ3) is 5.91. The molecular formula is C31H34F5N5O2. The lowest BCUT2D eigenvalue weighted by Gasteiger charge is -2.40. The van der Waals surface area contributed by atoms with Crippen molar-refractivity contribution in [2.45, 2.75) is 82.3 Å². The number of nitrogens with one attached hydrogen (secondary N) is 1. The maximum atomic E-state index is 14.2. The molecule has 0 bridgehead atoms. The van der Waals surface area contributed by atoms with Gasteiger partial charge in [-0.25, -0.2) is 8.78 Å². The summed E-state index contributed by atoms with van der Waals surface area (Å²) in [5.74, 6) is -0.0530. The second-order valence-electron chi connectivity index (χ2n) is 12.3. The Kier molecular flexibility index (Phi) is 7.78. The van der Waals surface area contributed by atoms with Crippen LogP contribution in [-0.2, 0) is 31.1 Å². The van der Waals surface area contributed by atoms with E-state index >= 15 is 0 Å². The lowest BCUT2D eigenvalue weighted by atomic mass is 9.70. The number of aromatic nitrogens is 3. The molecule has 2 saturated carbocycles. The molecule has 3 aliphatic rings. The number of alkyl halides is 5.